The smallest absolute Gasteiger partial charge is 0.271 e. The third-order valence-corrected chi connectivity index (χ3v) is 3.76. The summed E-state index contributed by atoms with van der Waals surface area (Å²) in [6.07, 6.45) is -0.652. The molecular formula is C17H19ClN4O2. The lowest BCUT2D eigenvalue weighted by atomic mass is 10.1. The molecule has 0 saturated heterocycles. The third-order valence-electron chi connectivity index (χ3n) is 3.40. The number of hydrogen-bond donors (Lipinski definition) is 2. The van der Waals surface area contributed by atoms with E-state index in [9.17, 15) is 9.90 Å². The fourth-order valence-corrected chi connectivity index (χ4v) is 2.52. The summed E-state index contributed by atoms with van der Waals surface area (Å²) in [6, 6.07) is 8.82. The lowest BCUT2D eigenvalue weighted by Crippen LogP contribution is -2.32. The summed E-state index contributed by atoms with van der Waals surface area (Å²) in [5.74, 6) is -0.387. The number of benzene rings is 1. The fraction of sp³-hybridized carbons (Fsp3) is 0.353. The second-order valence-corrected chi connectivity index (χ2v) is 6.18. The fourth-order valence-electron chi connectivity index (χ4n) is 2.20. The molecule has 0 spiro atoms. The molecule has 2 rings (SSSR count). The highest BCUT2D eigenvalue weighted by Gasteiger charge is 2.24. The first-order chi connectivity index (χ1) is 11.3. The van der Waals surface area contributed by atoms with Crippen molar-refractivity contribution in [3.05, 3.63) is 40.5 Å². The minimum absolute atomic E-state index is 0.0677. The van der Waals surface area contributed by atoms with Crippen LogP contribution in [0.5, 0.6) is 0 Å². The number of rotatable bonds is 5. The van der Waals surface area contributed by atoms with E-state index in [-0.39, 0.29) is 29.2 Å². The molecule has 0 fully saturated rings. The maximum absolute atomic E-state index is 12.4. The Bertz CT molecular complexity index is 773. The van der Waals surface area contributed by atoms with Crippen LogP contribution >= 0.6 is 11.6 Å². The summed E-state index contributed by atoms with van der Waals surface area (Å²) in [4.78, 5) is 12.4. The average molecular weight is 347 g/mol. The molecule has 0 aliphatic carbocycles. The summed E-state index contributed by atoms with van der Waals surface area (Å²) < 4.78 is 1.56. The molecule has 2 N–H and O–H groups in total. The number of nitriles is 1. The van der Waals surface area contributed by atoms with Gasteiger partial charge >= 0.3 is 0 Å². The van der Waals surface area contributed by atoms with Crippen LogP contribution in [-0.4, -0.2) is 33.4 Å². The van der Waals surface area contributed by atoms with E-state index in [4.69, 9.17) is 16.9 Å². The minimum Gasteiger partial charge on any atom is -0.392 e. The molecule has 1 amide bonds. The van der Waals surface area contributed by atoms with Gasteiger partial charge in [-0.2, -0.15) is 10.4 Å². The number of halogens is 1. The monoisotopic (exact) mass is 346 g/mol. The molecule has 126 valence electrons. The second-order valence-electron chi connectivity index (χ2n) is 5.80. The molecule has 1 atom stereocenters. The SMILES string of the molecule is CC(C)n1nc(-c2ccc(C#N)cc2)c(Cl)c1C(=O)NC[C@H](C)O. The number of nitrogens with one attached hydrogen (secondary N) is 1. The number of aliphatic hydroxyl groups excluding tert-OH is 1. The van der Waals surface area contributed by atoms with Gasteiger partial charge in [-0.1, -0.05) is 23.7 Å². The molecular weight excluding hydrogens is 328 g/mol. The van der Waals surface area contributed by atoms with E-state index in [1.807, 2.05) is 13.8 Å². The summed E-state index contributed by atoms with van der Waals surface area (Å²) in [5, 5.41) is 25.6. The van der Waals surface area contributed by atoms with E-state index in [0.29, 0.717) is 11.3 Å². The lowest BCUT2D eigenvalue weighted by molar-refractivity contribution is 0.0911. The molecule has 24 heavy (non-hydrogen) atoms. The molecule has 0 unspecified atom stereocenters. The van der Waals surface area contributed by atoms with Gasteiger partial charge in [0.1, 0.15) is 11.4 Å². The van der Waals surface area contributed by atoms with Crippen LogP contribution in [0, 0.1) is 11.3 Å². The molecule has 7 heteroatoms. The van der Waals surface area contributed by atoms with Gasteiger partial charge in [0.05, 0.1) is 22.8 Å². The van der Waals surface area contributed by atoms with E-state index in [1.54, 1.807) is 35.9 Å². The highest BCUT2D eigenvalue weighted by atomic mass is 35.5. The number of carbonyl (C=O) groups excluding carboxylic acids is 1. The lowest BCUT2D eigenvalue weighted by Gasteiger charge is -2.12. The number of hydrogen-bond acceptors (Lipinski definition) is 4. The van der Waals surface area contributed by atoms with E-state index < -0.39 is 6.10 Å². The standard InChI is InChI=1S/C17H19ClN4O2/c1-10(2)22-16(17(24)20-9-11(3)23)14(18)15(21-22)13-6-4-12(8-19)5-7-13/h4-7,10-11,23H,9H2,1-3H3,(H,20,24)/t11-/m0/s1. The van der Waals surface area contributed by atoms with Crippen molar-refractivity contribution < 1.29 is 9.90 Å². The van der Waals surface area contributed by atoms with Gasteiger partial charge in [-0.05, 0) is 32.9 Å². The van der Waals surface area contributed by atoms with E-state index in [0.717, 1.165) is 5.56 Å². The predicted octanol–water partition coefficient (Wildman–Crippen LogP) is 2.77. The van der Waals surface area contributed by atoms with Gasteiger partial charge in [0.2, 0.25) is 0 Å². The first-order valence-corrected chi connectivity index (χ1v) is 7.97. The average Bonchev–Trinajstić information content (AvgIpc) is 2.90. The first kappa shape index (κ1) is 18.0. The summed E-state index contributed by atoms with van der Waals surface area (Å²) >= 11 is 6.42. The van der Waals surface area contributed by atoms with Crippen molar-refractivity contribution >= 4 is 17.5 Å². The molecule has 0 saturated carbocycles. The summed E-state index contributed by atoms with van der Waals surface area (Å²) in [7, 11) is 0. The van der Waals surface area contributed by atoms with Crippen LogP contribution in [0.3, 0.4) is 0 Å². The van der Waals surface area contributed by atoms with Crippen molar-refractivity contribution in [3.63, 3.8) is 0 Å². The number of aliphatic hydroxyl groups is 1. The predicted molar refractivity (Wildman–Crippen MR) is 91.8 cm³/mol. The molecule has 1 aromatic carbocycles. The van der Waals surface area contributed by atoms with Gasteiger partial charge in [0.15, 0.2) is 0 Å². The Morgan fingerprint density at radius 3 is 2.50 bits per heavy atom. The number of aromatic nitrogens is 2. The van der Waals surface area contributed by atoms with Gasteiger partial charge < -0.3 is 10.4 Å². The molecule has 2 aromatic rings. The van der Waals surface area contributed by atoms with Crippen LogP contribution in [-0.2, 0) is 0 Å². The molecule has 1 heterocycles. The maximum atomic E-state index is 12.4. The molecule has 1 aromatic heterocycles. The zero-order valence-electron chi connectivity index (χ0n) is 13.7. The molecule has 6 nitrogen and oxygen atoms in total. The zero-order valence-corrected chi connectivity index (χ0v) is 14.5. The van der Waals surface area contributed by atoms with Crippen LogP contribution in [0.15, 0.2) is 24.3 Å². The Kier molecular flexibility index (Phi) is 5.60. The first-order valence-electron chi connectivity index (χ1n) is 7.60. The topological polar surface area (TPSA) is 90.9 Å². The third kappa shape index (κ3) is 3.75. The van der Waals surface area contributed by atoms with E-state index >= 15 is 0 Å². The van der Waals surface area contributed by atoms with Gasteiger partial charge in [-0.25, -0.2) is 0 Å². The summed E-state index contributed by atoms with van der Waals surface area (Å²) in [5.41, 5.74) is 2.00. The minimum atomic E-state index is -0.652. The van der Waals surface area contributed by atoms with Crippen LogP contribution in [0.2, 0.25) is 5.02 Å². The van der Waals surface area contributed by atoms with Crippen LogP contribution in [0.1, 0.15) is 42.9 Å². The normalized spacial score (nSPS) is 12.0. The quantitative estimate of drug-likeness (QED) is 0.870. The van der Waals surface area contributed by atoms with Gasteiger partial charge in [0, 0.05) is 18.2 Å². The van der Waals surface area contributed by atoms with Crippen molar-refractivity contribution in [1.29, 1.82) is 5.26 Å². The Balaban J connectivity index is 2.46. The zero-order chi connectivity index (χ0) is 17.9. The van der Waals surface area contributed by atoms with Crippen LogP contribution in [0.25, 0.3) is 11.3 Å². The summed E-state index contributed by atoms with van der Waals surface area (Å²) in [6.45, 7) is 5.52. The highest BCUT2D eigenvalue weighted by Crippen LogP contribution is 2.31. The van der Waals surface area contributed by atoms with Crippen molar-refractivity contribution in [3.8, 4) is 17.3 Å². The van der Waals surface area contributed by atoms with Crippen molar-refractivity contribution in [1.82, 2.24) is 15.1 Å². The van der Waals surface area contributed by atoms with Gasteiger partial charge in [0.25, 0.3) is 5.91 Å². The Morgan fingerprint density at radius 2 is 2.00 bits per heavy atom. The molecule has 0 bridgehead atoms. The van der Waals surface area contributed by atoms with E-state index in [2.05, 4.69) is 16.5 Å². The van der Waals surface area contributed by atoms with Crippen LogP contribution in [0.4, 0.5) is 0 Å². The van der Waals surface area contributed by atoms with E-state index in [1.165, 1.54) is 0 Å². The number of amides is 1. The van der Waals surface area contributed by atoms with Crippen molar-refractivity contribution in [2.24, 2.45) is 0 Å². The largest absolute Gasteiger partial charge is 0.392 e. The number of carbonyl (C=O) groups is 1. The van der Waals surface area contributed by atoms with Gasteiger partial charge in [-0.15, -0.1) is 0 Å². The van der Waals surface area contributed by atoms with Gasteiger partial charge in [-0.3, -0.25) is 9.48 Å². The second kappa shape index (κ2) is 7.47. The Morgan fingerprint density at radius 1 is 1.38 bits per heavy atom. The number of nitrogens with zero attached hydrogens (tertiary/aromatic N) is 3. The Labute approximate surface area is 145 Å². The maximum Gasteiger partial charge on any atom is 0.271 e. The highest BCUT2D eigenvalue weighted by molar-refractivity contribution is 6.36. The molecule has 0 radical (unpaired) electrons. The van der Waals surface area contributed by atoms with Crippen LogP contribution < -0.4 is 5.32 Å². The molecule has 0 aliphatic heterocycles. The molecule has 0 aliphatic rings. The Hall–Kier alpha value is -2.36. The van der Waals surface area contributed by atoms with Crippen molar-refractivity contribution in [2.75, 3.05) is 6.54 Å². The van der Waals surface area contributed by atoms with Crippen molar-refractivity contribution in [2.45, 2.75) is 32.9 Å².